The number of rotatable bonds is 4. The fourth-order valence-corrected chi connectivity index (χ4v) is 6.09. The predicted octanol–water partition coefficient (Wildman–Crippen LogP) is 10.9. The Morgan fingerprint density at radius 2 is 0.974 bits per heavy atom. The molecular formula is C38H29N. The number of benzene rings is 7. The van der Waals surface area contributed by atoms with Gasteiger partial charge in [-0.05, 0) is 99.4 Å². The van der Waals surface area contributed by atoms with Gasteiger partial charge < -0.3 is 4.90 Å². The Morgan fingerprint density at radius 3 is 1.64 bits per heavy atom. The van der Waals surface area contributed by atoms with E-state index in [-0.39, 0.29) is 0 Å². The highest BCUT2D eigenvalue weighted by Gasteiger charge is 2.19. The summed E-state index contributed by atoms with van der Waals surface area (Å²) in [6.45, 7) is 4.35. The molecule has 0 fully saturated rings. The smallest absolute Gasteiger partial charge is 0.0546 e. The summed E-state index contributed by atoms with van der Waals surface area (Å²) in [4.78, 5) is 2.42. The molecule has 0 aliphatic heterocycles. The van der Waals surface area contributed by atoms with Gasteiger partial charge in [0.15, 0.2) is 0 Å². The molecule has 0 bridgehead atoms. The van der Waals surface area contributed by atoms with Crippen LogP contribution in [-0.2, 0) is 0 Å². The molecule has 0 heterocycles. The lowest BCUT2D eigenvalue weighted by molar-refractivity contribution is 1.27. The van der Waals surface area contributed by atoms with Crippen molar-refractivity contribution in [1.29, 1.82) is 0 Å². The highest BCUT2D eigenvalue weighted by molar-refractivity contribution is 6.26. The third kappa shape index (κ3) is 4.04. The SMILES string of the molecule is Cc1cc(C)cc(N(c2ccccc2)c2cc3cc(-c4ccccc4)c4ccccc4c3c3ccccc23)c1. The Kier molecular flexibility index (Phi) is 5.64. The van der Waals surface area contributed by atoms with E-state index >= 15 is 0 Å². The third-order valence-electron chi connectivity index (χ3n) is 7.64. The van der Waals surface area contributed by atoms with Crippen LogP contribution < -0.4 is 4.90 Å². The van der Waals surface area contributed by atoms with Gasteiger partial charge in [0.05, 0.1) is 5.69 Å². The lowest BCUT2D eigenvalue weighted by atomic mass is 9.90. The summed E-state index contributed by atoms with van der Waals surface area (Å²) >= 11 is 0. The lowest BCUT2D eigenvalue weighted by Gasteiger charge is -2.28. The summed E-state index contributed by atoms with van der Waals surface area (Å²) in [6, 6.07) is 50.8. The number of aryl methyl sites for hydroxylation is 2. The molecule has 0 amide bonds. The van der Waals surface area contributed by atoms with Crippen molar-refractivity contribution in [3.8, 4) is 11.1 Å². The second-order valence-electron chi connectivity index (χ2n) is 10.4. The van der Waals surface area contributed by atoms with E-state index in [1.54, 1.807) is 0 Å². The van der Waals surface area contributed by atoms with Gasteiger partial charge in [0.25, 0.3) is 0 Å². The molecule has 1 nitrogen and oxygen atoms in total. The van der Waals surface area contributed by atoms with Gasteiger partial charge in [0, 0.05) is 16.8 Å². The minimum absolute atomic E-state index is 1.15. The van der Waals surface area contributed by atoms with E-state index in [1.807, 2.05) is 0 Å². The van der Waals surface area contributed by atoms with Gasteiger partial charge in [-0.25, -0.2) is 0 Å². The van der Waals surface area contributed by atoms with Gasteiger partial charge in [0.1, 0.15) is 0 Å². The first-order valence-corrected chi connectivity index (χ1v) is 13.5. The minimum atomic E-state index is 1.15. The van der Waals surface area contributed by atoms with E-state index in [0.717, 1.165) is 5.69 Å². The molecule has 0 saturated heterocycles. The topological polar surface area (TPSA) is 3.24 Å². The van der Waals surface area contributed by atoms with Crippen LogP contribution >= 0.6 is 0 Å². The maximum Gasteiger partial charge on any atom is 0.0546 e. The summed E-state index contributed by atoms with van der Waals surface area (Å²) in [5, 5.41) is 7.62. The van der Waals surface area contributed by atoms with Crippen molar-refractivity contribution in [1.82, 2.24) is 0 Å². The molecule has 7 rings (SSSR count). The summed E-state index contributed by atoms with van der Waals surface area (Å²) in [6.07, 6.45) is 0. The van der Waals surface area contributed by atoms with E-state index in [1.165, 1.54) is 65.9 Å². The largest absolute Gasteiger partial charge is 0.310 e. The third-order valence-corrected chi connectivity index (χ3v) is 7.64. The highest BCUT2D eigenvalue weighted by Crippen LogP contribution is 2.45. The molecule has 0 unspecified atom stereocenters. The molecule has 0 N–H and O–H groups in total. The number of fused-ring (bicyclic) bond motifs is 5. The highest BCUT2D eigenvalue weighted by atomic mass is 15.1. The molecule has 0 spiro atoms. The van der Waals surface area contributed by atoms with E-state index in [4.69, 9.17) is 0 Å². The molecule has 7 aromatic carbocycles. The van der Waals surface area contributed by atoms with Crippen molar-refractivity contribution in [2.45, 2.75) is 13.8 Å². The first-order valence-electron chi connectivity index (χ1n) is 13.5. The Bertz CT molecular complexity index is 1950. The zero-order valence-electron chi connectivity index (χ0n) is 22.2. The summed E-state index contributed by atoms with van der Waals surface area (Å²) in [5.41, 5.74) is 8.52. The van der Waals surface area contributed by atoms with Crippen molar-refractivity contribution < 1.29 is 0 Å². The molecule has 186 valence electrons. The molecule has 39 heavy (non-hydrogen) atoms. The molecular weight excluding hydrogens is 470 g/mol. The van der Waals surface area contributed by atoms with E-state index in [0.29, 0.717) is 0 Å². The molecule has 0 radical (unpaired) electrons. The molecule has 0 saturated carbocycles. The maximum atomic E-state index is 2.42. The number of anilines is 3. The quantitative estimate of drug-likeness (QED) is 0.218. The first-order chi connectivity index (χ1) is 19.2. The van der Waals surface area contributed by atoms with Gasteiger partial charge >= 0.3 is 0 Å². The summed E-state index contributed by atoms with van der Waals surface area (Å²) in [5.74, 6) is 0. The number of hydrogen-bond acceptors (Lipinski definition) is 1. The van der Waals surface area contributed by atoms with Crippen LogP contribution in [0.25, 0.3) is 43.4 Å². The minimum Gasteiger partial charge on any atom is -0.310 e. The fraction of sp³-hybridized carbons (Fsp3) is 0.0526. The molecule has 0 aliphatic carbocycles. The summed E-state index contributed by atoms with van der Waals surface area (Å²) in [7, 11) is 0. The Morgan fingerprint density at radius 1 is 0.436 bits per heavy atom. The van der Waals surface area contributed by atoms with Gasteiger partial charge in [-0.1, -0.05) is 103 Å². The zero-order valence-corrected chi connectivity index (χ0v) is 22.2. The van der Waals surface area contributed by atoms with Gasteiger partial charge in [-0.3, -0.25) is 0 Å². The van der Waals surface area contributed by atoms with Crippen molar-refractivity contribution in [3.63, 3.8) is 0 Å². The molecule has 0 atom stereocenters. The first kappa shape index (κ1) is 23.3. The number of nitrogens with zero attached hydrogens (tertiary/aromatic N) is 1. The summed E-state index contributed by atoms with van der Waals surface area (Å²) < 4.78 is 0. The van der Waals surface area contributed by atoms with Crippen molar-refractivity contribution >= 4 is 49.4 Å². The van der Waals surface area contributed by atoms with Crippen LogP contribution in [-0.4, -0.2) is 0 Å². The number of para-hydroxylation sites is 1. The average Bonchev–Trinajstić information content (AvgIpc) is 2.97. The standard InChI is InChI=1S/C38H29N/c1-26-21-27(2)23-31(22-26)39(30-15-7-4-8-16-30)37-25-29-24-36(28-13-5-3-6-14-28)32-17-9-11-19-34(32)38(29)35-20-12-10-18-33(35)37/h3-25H,1-2H3. The van der Waals surface area contributed by atoms with Crippen molar-refractivity contribution in [3.05, 3.63) is 151 Å². The van der Waals surface area contributed by atoms with Gasteiger partial charge in [-0.15, -0.1) is 0 Å². The van der Waals surface area contributed by atoms with Crippen LogP contribution in [0.3, 0.4) is 0 Å². The maximum absolute atomic E-state index is 2.42. The van der Waals surface area contributed by atoms with Gasteiger partial charge in [-0.2, -0.15) is 0 Å². The monoisotopic (exact) mass is 499 g/mol. The van der Waals surface area contributed by atoms with Crippen LogP contribution in [0.4, 0.5) is 17.1 Å². The van der Waals surface area contributed by atoms with Crippen molar-refractivity contribution in [2.24, 2.45) is 0 Å². The molecule has 0 aliphatic rings. The van der Waals surface area contributed by atoms with Crippen LogP contribution in [0.5, 0.6) is 0 Å². The molecule has 1 heteroatoms. The van der Waals surface area contributed by atoms with E-state index in [9.17, 15) is 0 Å². The Balaban J connectivity index is 1.62. The normalized spacial score (nSPS) is 11.3. The number of hydrogen-bond donors (Lipinski definition) is 0. The fourth-order valence-electron chi connectivity index (χ4n) is 6.09. The van der Waals surface area contributed by atoms with Crippen molar-refractivity contribution in [2.75, 3.05) is 4.90 Å². The van der Waals surface area contributed by atoms with Crippen LogP contribution in [0.1, 0.15) is 11.1 Å². The van der Waals surface area contributed by atoms with Crippen LogP contribution in [0.2, 0.25) is 0 Å². The van der Waals surface area contributed by atoms with E-state index in [2.05, 4.69) is 158 Å². The average molecular weight is 500 g/mol. The zero-order chi connectivity index (χ0) is 26.3. The molecule has 0 aromatic heterocycles. The molecule has 7 aromatic rings. The van der Waals surface area contributed by atoms with Crippen LogP contribution in [0.15, 0.2) is 140 Å². The Hall–Kier alpha value is -4.88. The van der Waals surface area contributed by atoms with Crippen LogP contribution in [0, 0.1) is 13.8 Å². The Labute approximate surface area is 229 Å². The second-order valence-corrected chi connectivity index (χ2v) is 10.4. The lowest BCUT2D eigenvalue weighted by Crippen LogP contribution is -2.11. The van der Waals surface area contributed by atoms with E-state index < -0.39 is 0 Å². The second kappa shape index (κ2) is 9.45. The van der Waals surface area contributed by atoms with Gasteiger partial charge in [0.2, 0.25) is 0 Å². The predicted molar refractivity (Wildman–Crippen MR) is 169 cm³/mol.